The van der Waals surface area contributed by atoms with Gasteiger partial charge in [-0.15, -0.1) is 0 Å². The number of hydrogen-bond acceptors (Lipinski definition) is 2. The Labute approximate surface area is 103 Å². The molecule has 1 fully saturated rings. The Morgan fingerprint density at radius 2 is 1.67 bits per heavy atom. The molecule has 5 heteroatoms. The Bertz CT molecular complexity index is 452. The van der Waals surface area contributed by atoms with Crippen LogP contribution >= 0.6 is 0 Å². The van der Waals surface area contributed by atoms with Crippen LogP contribution in [0.4, 0.5) is 13.2 Å². The van der Waals surface area contributed by atoms with E-state index in [1.54, 1.807) is 13.8 Å². The minimum Gasteiger partial charge on any atom is -0.385 e. The van der Waals surface area contributed by atoms with E-state index in [-0.39, 0.29) is 30.6 Å². The van der Waals surface area contributed by atoms with Gasteiger partial charge in [0.05, 0.1) is 17.8 Å². The maximum Gasteiger partial charge on any atom is 0.194 e. The third-order valence-electron chi connectivity index (χ3n) is 3.25. The van der Waals surface area contributed by atoms with E-state index in [2.05, 4.69) is 0 Å². The third kappa shape index (κ3) is 2.24. The van der Waals surface area contributed by atoms with E-state index >= 15 is 0 Å². The predicted molar refractivity (Wildman–Crippen MR) is 59.5 cm³/mol. The Morgan fingerprint density at radius 3 is 2.22 bits per heavy atom. The van der Waals surface area contributed by atoms with Crippen LogP contribution in [0.5, 0.6) is 0 Å². The van der Waals surface area contributed by atoms with Gasteiger partial charge in [-0.1, -0.05) is 6.07 Å². The van der Waals surface area contributed by atoms with Crippen molar-refractivity contribution in [2.75, 3.05) is 0 Å². The fourth-order valence-corrected chi connectivity index (χ4v) is 2.63. The van der Waals surface area contributed by atoms with Gasteiger partial charge >= 0.3 is 0 Å². The van der Waals surface area contributed by atoms with Gasteiger partial charge in [-0.3, -0.25) is 0 Å². The molecule has 2 nitrogen and oxygen atoms in total. The normalized spacial score (nSPS) is 32.6. The SMILES string of the molecule is CC1CC(O)(c2ccc(F)c(F)c2F)CC(C)O1. The molecule has 0 aromatic heterocycles. The first-order chi connectivity index (χ1) is 8.33. The lowest BCUT2D eigenvalue weighted by Crippen LogP contribution is -2.42. The number of rotatable bonds is 1. The molecule has 0 spiro atoms. The van der Waals surface area contributed by atoms with Crippen LogP contribution in [-0.4, -0.2) is 17.3 Å². The van der Waals surface area contributed by atoms with Crippen LogP contribution in [0.3, 0.4) is 0 Å². The highest BCUT2D eigenvalue weighted by Crippen LogP contribution is 2.39. The van der Waals surface area contributed by atoms with Gasteiger partial charge in [0.1, 0.15) is 0 Å². The first kappa shape index (κ1) is 13.4. The van der Waals surface area contributed by atoms with Crippen LogP contribution in [0.15, 0.2) is 12.1 Å². The van der Waals surface area contributed by atoms with Crippen molar-refractivity contribution in [1.29, 1.82) is 0 Å². The van der Waals surface area contributed by atoms with E-state index in [4.69, 9.17) is 4.74 Å². The molecule has 1 aliphatic rings. The number of ether oxygens (including phenoxy) is 1. The standard InChI is InChI=1S/C13H15F3O2/c1-7-5-13(17,6-8(2)18-7)9-3-4-10(14)12(16)11(9)15/h3-4,7-8,17H,5-6H2,1-2H3. The van der Waals surface area contributed by atoms with Crippen LogP contribution < -0.4 is 0 Å². The zero-order chi connectivity index (χ0) is 13.5. The molecule has 1 N–H and O–H groups in total. The van der Waals surface area contributed by atoms with Gasteiger partial charge in [-0.05, 0) is 19.9 Å². The topological polar surface area (TPSA) is 29.5 Å². The molecule has 0 saturated carbocycles. The maximum absolute atomic E-state index is 13.7. The van der Waals surface area contributed by atoms with Crippen molar-refractivity contribution in [2.45, 2.75) is 44.5 Å². The lowest BCUT2D eigenvalue weighted by molar-refractivity contribution is -0.137. The van der Waals surface area contributed by atoms with E-state index in [0.29, 0.717) is 0 Å². The van der Waals surface area contributed by atoms with Crippen molar-refractivity contribution in [3.8, 4) is 0 Å². The zero-order valence-electron chi connectivity index (χ0n) is 10.2. The first-order valence-corrected chi connectivity index (χ1v) is 5.85. The molecular formula is C13H15F3O2. The first-order valence-electron chi connectivity index (χ1n) is 5.85. The molecule has 1 saturated heterocycles. The predicted octanol–water partition coefficient (Wildman–Crippen LogP) is 2.88. The van der Waals surface area contributed by atoms with Crippen LogP contribution in [0, 0.1) is 17.5 Å². The summed E-state index contributed by atoms with van der Waals surface area (Å²) in [6.07, 6.45) is -0.240. The molecule has 100 valence electrons. The molecule has 0 aliphatic carbocycles. The molecule has 1 aromatic carbocycles. The quantitative estimate of drug-likeness (QED) is 0.787. The van der Waals surface area contributed by atoms with Gasteiger partial charge < -0.3 is 9.84 Å². The molecule has 2 unspecified atom stereocenters. The van der Waals surface area contributed by atoms with Crippen LogP contribution in [0.1, 0.15) is 32.3 Å². The van der Waals surface area contributed by atoms with Gasteiger partial charge in [0.25, 0.3) is 0 Å². The summed E-state index contributed by atoms with van der Waals surface area (Å²) >= 11 is 0. The second kappa shape index (κ2) is 4.55. The maximum atomic E-state index is 13.7. The van der Waals surface area contributed by atoms with Crippen molar-refractivity contribution in [3.63, 3.8) is 0 Å². The van der Waals surface area contributed by atoms with Crippen LogP contribution in [-0.2, 0) is 10.3 Å². The second-order valence-electron chi connectivity index (χ2n) is 4.92. The van der Waals surface area contributed by atoms with Crippen molar-refractivity contribution in [2.24, 2.45) is 0 Å². The molecule has 1 aromatic rings. The van der Waals surface area contributed by atoms with Crippen LogP contribution in [0.25, 0.3) is 0 Å². The Balaban J connectivity index is 2.44. The van der Waals surface area contributed by atoms with E-state index < -0.39 is 23.1 Å². The van der Waals surface area contributed by atoms with Crippen molar-refractivity contribution in [3.05, 3.63) is 35.1 Å². The summed E-state index contributed by atoms with van der Waals surface area (Å²) in [5, 5.41) is 10.5. The molecule has 2 atom stereocenters. The highest BCUT2D eigenvalue weighted by molar-refractivity contribution is 5.27. The second-order valence-corrected chi connectivity index (χ2v) is 4.92. The fraction of sp³-hybridized carbons (Fsp3) is 0.538. The lowest BCUT2D eigenvalue weighted by atomic mass is 9.81. The third-order valence-corrected chi connectivity index (χ3v) is 3.25. The summed E-state index contributed by atoms with van der Waals surface area (Å²) < 4.78 is 45.3. The fourth-order valence-electron chi connectivity index (χ4n) is 2.63. The summed E-state index contributed by atoms with van der Waals surface area (Å²) in [5.41, 5.74) is -1.72. The molecule has 0 bridgehead atoms. The smallest absolute Gasteiger partial charge is 0.194 e. The molecule has 2 rings (SSSR count). The van der Waals surface area contributed by atoms with E-state index in [1.807, 2.05) is 0 Å². The minimum absolute atomic E-state index is 0.152. The van der Waals surface area contributed by atoms with E-state index in [1.165, 1.54) is 0 Å². The molecule has 1 heterocycles. The molecule has 0 radical (unpaired) electrons. The monoisotopic (exact) mass is 260 g/mol. The van der Waals surface area contributed by atoms with Crippen molar-refractivity contribution in [1.82, 2.24) is 0 Å². The minimum atomic E-state index is -1.55. The summed E-state index contributed by atoms with van der Waals surface area (Å²) in [4.78, 5) is 0. The number of aliphatic hydroxyl groups is 1. The lowest BCUT2D eigenvalue weighted by Gasteiger charge is -2.39. The summed E-state index contributed by atoms with van der Waals surface area (Å²) in [6, 6.07) is 1.93. The highest BCUT2D eigenvalue weighted by Gasteiger charge is 2.40. The summed E-state index contributed by atoms with van der Waals surface area (Å²) in [5.74, 6) is -4.13. The average Bonchev–Trinajstić information content (AvgIpc) is 2.23. The largest absolute Gasteiger partial charge is 0.385 e. The number of hydrogen-bond donors (Lipinski definition) is 1. The Kier molecular flexibility index (Phi) is 3.38. The van der Waals surface area contributed by atoms with E-state index in [9.17, 15) is 18.3 Å². The molecule has 1 aliphatic heterocycles. The molecule has 18 heavy (non-hydrogen) atoms. The van der Waals surface area contributed by atoms with Gasteiger partial charge in [0, 0.05) is 18.4 Å². The number of benzene rings is 1. The summed E-state index contributed by atoms with van der Waals surface area (Å²) in [7, 11) is 0. The van der Waals surface area contributed by atoms with Gasteiger partial charge in [-0.25, -0.2) is 13.2 Å². The van der Waals surface area contributed by atoms with E-state index in [0.717, 1.165) is 12.1 Å². The van der Waals surface area contributed by atoms with Gasteiger partial charge in [0.15, 0.2) is 17.5 Å². The zero-order valence-corrected chi connectivity index (χ0v) is 10.2. The van der Waals surface area contributed by atoms with Gasteiger partial charge in [-0.2, -0.15) is 0 Å². The summed E-state index contributed by atoms with van der Waals surface area (Å²) in [6.45, 7) is 3.50. The molecular weight excluding hydrogens is 245 g/mol. The Morgan fingerprint density at radius 1 is 1.11 bits per heavy atom. The van der Waals surface area contributed by atoms with Gasteiger partial charge in [0.2, 0.25) is 0 Å². The Hall–Kier alpha value is -1.07. The van der Waals surface area contributed by atoms with Crippen LogP contribution in [0.2, 0.25) is 0 Å². The average molecular weight is 260 g/mol. The van der Waals surface area contributed by atoms with Crippen molar-refractivity contribution < 1.29 is 23.0 Å². The highest BCUT2D eigenvalue weighted by atomic mass is 19.2. The van der Waals surface area contributed by atoms with Crippen molar-refractivity contribution >= 4 is 0 Å². The number of halogens is 3. The molecule has 0 amide bonds.